The van der Waals surface area contributed by atoms with Gasteiger partial charge in [0.1, 0.15) is 0 Å². The van der Waals surface area contributed by atoms with Gasteiger partial charge in [-0.15, -0.1) is 0 Å². The third-order valence-electron chi connectivity index (χ3n) is 11.7. The number of fused-ring (bicyclic) bond motifs is 5. The molecule has 0 unspecified atom stereocenters. The van der Waals surface area contributed by atoms with Gasteiger partial charge < -0.3 is 9.80 Å². The van der Waals surface area contributed by atoms with Crippen LogP contribution in [-0.4, -0.2) is 0 Å². The van der Waals surface area contributed by atoms with Crippen molar-refractivity contribution >= 4 is 77.2 Å². The predicted molar refractivity (Wildman–Crippen MR) is 257 cm³/mol. The molecule has 0 aliphatic carbocycles. The molecule has 2 nitrogen and oxygen atoms in total. The first-order valence-electron chi connectivity index (χ1n) is 20.6. The van der Waals surface area contributed by atoms with E-state index >= 15 is 0 Å². The van der Waals surface area contributed by atoms with Gasteiger partial charge in [0.25, 0.3) is 0 Å². The van der Waals surface area contributed by atoms with Crippen molar-refractivity contribution in [1.82, 2.24) is 0 Å². The molecule has 11 rings (SSSR count). The summed E-state index contributed by atoms with van der Waals surface area (Å²) in [6.45, 7) is 0. The van der Waals surface area contributed by atoms with Gasteiger partial charge in [0.05, 0.1) is 5.69 Å². The zero-order valence-electron chi connectivity index (χ0n) is 33.0. The first-order chi connectivity index (χ1) is 29.7. The molecule has 282 valence electrons. The average molecular weight is 765 g/mol. The van der Waals surface area contributed by atoms with Crippen LogP contribution in [0.3, 0.4) is 0 Å². The van der Waals surface area contributed by atoms with Gasteiger partial charge in [0.15, 0.2) is 0 Å². The summed E-state index contributed by atoms with van der Waals surface area (Å²) in [7, 11) is 0. The minimum atomic E-state index is 1.07. The Morgan fingerprint density at radius 1 is 0.200 bits per heavy atom. The van der Waals surface area contributed by atoms with Crippen molar-refractivity contribution in [3.8, 4) is 22.3 Å². The Bertz CT molecular complexity index is 3330. The van der Waals surface area contributed by atoms with Gasteiger partial charge in [-0.2, -0.15) is 0 Å². The lowest BCUT2D eigenvalue weighted by molar-refractivity contribution is 1.26. The summed E-state index contributed by atoms with van der Waals surface area (Å²) in [4.78, 5) is 4.84. The molecule has 0 aromatic heterocycles. The molecule has 0 radical (unpaired) electrons. The van der Waals surface area contributed by atoms with Crippen molar-refractivity contribution in [1.29, 1.82) is 0 Å². The molecule has 0 spiro atoms. The quantitative estimate of drug-likeness (QED) is 0.142. The third-order valence-corrected chi connectivity index (χ3v) is 11.7. The summed E-state index contributed by atoms with van der Waals surface area (Å²) in [6, 6.07) is 88.2. The second kappa shape index (κ2) is 15.1. The Morgan fingerprint density at radius 3 is 1.25 bits per heavy atom. The Labute approximate surface area is 350 Å². The summed E-state index contributed by atoms with van der Waals surface area (Å²) >= 11 is 0. The molecular weight excluding hydrogens is 725 g/mol. The summed E-state index contributed by atoms with van der Waals surface area (Å²) in [5, 5.41) is 9.74. The SMILES string of the molecule is c1ccc(N(c2cccc(-c3ccc4ccccc4c3)c2)c2cc(N(c3ccccc3)c3cccc(-c4ccc5ccccc5c4)c3)c3ccc4ccccc4c3c2)cc1. The molecule has 0 aliphatic rings. The first-order valence-corrected chi connectivity index (χ1v) is 20.6. The smallest absolute Gasteiger partial charge is 0.0561 e. The van der Waals surface area contributed by atoms with Crippen LogP contribution in [0.2, 0.25) is 0 Å². The lowest BCUT2D eigenvalue weighted by atomic mass is 9.97. The predicted octanol–water partition coefficient (Wildman–Crippen LogP) is 16.6. The number of rotatable bonds is 8. The molecule has 0 fully saturated rings. The standard InChI is InChI=1S/C58H40N2/c1-3-22-50(23-4-1)59(52-26-13-20-46(37-52)48-31-29-41-15-7-9-18-44(41)35-48)54-39-57-55-28-12-11-17-43(55)33-34-56(57)58(40-54)60(51-24-5-2-6-25-51)53-27-14-21-47(38-53)49-32-30-42-16-8-10-19-45(42)36-49/h1-40H. The third kappa shape index (κ3) is 6.51. The van der Waals surface area contributed by atoms with Crippen molar-refractivity contribution in [3.63, 3.8) is 0 Å². The maximum atomic E-state index is 2.43. The minimum Gasteiger partial charge on any atom is -0.310 e. The van der Waals surface area contributed by atoms with E-state index in [1.54, 1.807) is 0 Å². The van der Waals surface area contributed by atoms with Gasteiger partial charge in [-0.05, 0) is 133 Å². The molecule has 11 aromatic carbocycles. The van der Waals surface area contributed by atoms with E-state index in [0.717, 1.165) is 34.1 Å². The molecule has 0 N–H and O–H groups in total. The van der Waals surface area contributed by atoms with Crippen LogP contribution in [0.1, 0.15) is 0 Å². The van der Waals surface area contributed by atoms with Crippen LogP contribution >= 0.6 is 0 Å². The van der Waals surface area contributed by atoms with Gasteiger partial charge >= 0.3 is 0 Å². The highest BCUT2D eigenvalue weighted by atomic mass is 15.2. The van der Waals surface area contributed by atoms with Crippen LogP contribution in [-0.2, 0) is 0 Å². The van der Waals surface area contributed by atoms with Gasteiger partial charge in [-0.25, -0.2) is 0 Å². The fourth-order valence-corrected chi connectivity index (χ4v) is 8.81. The number of nitrogens with zero attached hydrogens (tertiary/aromatic N) is 2. The van der Waals surface area contributed by atoms with Crippen LogP contribution in [0.4, 0.5) is 34.1 Å². The zero-order valence-corrected chi connectivity index (χ0v) is 33.0. The summed E-state index contributed by atoms with van der Waals surface area (Å²) in [6.07, 6.45) is 0. The largest absolute Gasteiger partial charge is 0.310 e. The van der Waals surface area contributed by atoms with E-state index in [-0.39, 0.29) is 0 Å². The molecule has 0 atom stereocenters. The number of anilines is 6. The van der Waals surface area contributed by atoms with E-state index < -0.39 is 0 Å². The molecule has 0 amide bonds. The second-order valence-electron chi connectivity index (χ2n) is 15.4. The zero-order chi connectivity index (χ0) is 39.8. The normalized spacial score (nSPS) is 11.3. The van der Waals surface area contributed by atoms with Crippen LogP contribution in [0, 0.1) is 0 Å². The molecule has 60 heavy (non-hydrogen) atoms. The fourth-order valence-electron chi connectivity index (χ4n) is 8.81. The highest BCUT2D eigenvalue weighted by molar-refractivity contribution is 6.14. The maximum Gasteiger partial charge on any atom is 0.0561 e. The summed E-state index contributed by atoms with van der Waals surface area (Å²) in [5.41, 5.74) is 11.2. The number of benzene rings is 11. The van der Waals surface area contributed by atoms with Crippen molar-refractivity contribution in [2.45, 2.75) is 0 Å². The average Bonchev–Trinajstić information content (AvgIpc) is 3.32. The van der Waals surface area contributed by atoms with Gasteiger partial charge in [-0.1, -0.05) is 170 Å². The van der Waals surface area contributed by atoms with Crippen molar-refractivity contribution in [2.24, 2.45) is 0 Å². The Kier molecular flexibility index (Phi) is 8.87. The Hall–Kier alpha value is -7.94. The van der Waals surface area contributed by atoms with E-state index in [1.807, 2.05) is 0 Å². The molecule has 0 saturated carbocycles. The van der Waals surface area contributed by atoms with Crippen LogP contribution < -0.4 is 9.80 Å². The van der Waals surface area contributed by atoms with E-state index in [2.05, 4.69) is 252 Å². The van der Waals surface area contributed by atoms with E-state index in [1.165, 1.54) is 65.3 Å². The number of hydrogen-bond acceptors (Lipinski definition) is 2. The van der Waals surface area contributed by atoms with Crippen molar-refractivity contribution < 1.29 is 0 Å². The van der Waals surface area contributed by atoms with Crippen LogP contribution in [0.15, 0.2) is 243 Å². The van der Waals surface area contributed by atoms with Gasteiger partial charge in [0, 0.05) is 33.8 Å². The lowest BCUT2D eigenvalue weighted by Crippen LogP contribution is -2.14. The van der Waals surface area contributed by atoms with E-state index in [4.69, 9.17) is 0 Å². The van der Waals surface area contributed by atoms with Crippen molar-refractivity contribution in [2.75, 3.05) is 9.80 Å². The maximum absolute atomic E-state index is 2.43. The minimum absolute atomic E-state index is 1.07. The summed E-state index contributed by atoms with van der Waals surface area (Å²) in [5.74, 6) is 0. The highest BCUT2D eigenvalue weighted by Gasteiger charge is 2.22. The van der Waals surface area contributed by atoms with Crippen LogP contribution in [0.25, 0.3) is 65.3 Å². The van der Waals surface area contributed by atoms with Crippen molar-refractivity contribution in [3.05, 3.63) is 243 Å². The Balaban J connectivity index is 1.15. The molecule has 0 bridgehead atoms. The number of hydrogen-bond donors (Lipinski definition) is 0. The van der Waals surface area contributed by atoms with Crippen LogP contribution in [0.5, 0.6) is 0 Å². The van der Waals surface area contributed by atoms with Gasteiger partial charge in [-0.3, -0.25) is 0 Å². The topological polar surface area (TPSA) is 6.48 Å². The fraction of sp³-hybridized carbons (Fsp3) is 0. The molecule has 0 saturated heterocycles. The number of para-hydroxylation sites is 2. The Morgan fingerprint density at radius 2 is 0.650 bits per heavy atom. The monoisotopic (exact) mass is 764 g/mol. The van der Waals surface area contributed by atoms with E-state index in [0.29, 0.717) is 0 Å². The molecule has 11 aromatic rings. The summed E-state index contributed by atoms with van der Waals surface area (Å²) < 4.78 is 0. The highest BCUT2D eigenvalue weighted by Crippen LogP contribution is 2.47. The van der Waals surface area contributed by atoms with E-state index in [9.17, 15) is 0 Å². The second-order valence-corrected chi connectivity index (χ2v) is 15.4. The molecular formula is C58H40N2. The first kappa shape index (κ1) is 35.2. The molecule has 2 heteroatoms. The molecule has 0 aliphatic heterocycles. The van der Waals surface area contributed by atoms with Gasteiger partial charge in [0.2, 0.25) is 0 Å². The lowest BCUT2D eigenvalue weighted by Gasteiger charge is -2.31. The molecule has 0 heterocycles.